The van der Waals surface area contributed by atoms with Crippen molar-refractivity contribution in [1.82, 2.24) is 0 Å². The molecule has 0 saturated heterocycles. The smallest absolute Gasteiger partial charge is 0.125 e. The van der Waals surface area contributed by atoms with Crippen LogP contribution in [0.1, 0.15) is 5.76 Å². The third-order valence-electron chi connectivity index (χ3n) is 2.09. The fourth-order valence-electron chi connectivity index (χ4n) is 1.42. The van der Waals surface area contributed by atoms with Gasteiger partial charge in [-0.15, -0.1) is 0 Å². The predicted octanol–water partition coefficient (Wildman–Crippen LogP) is 3.06. The maximum atomic E-state index is 6.06. The summed E-state index contributed by atoms with van der Waals surface area (Å²) in [4.78, 5) is 0. The average Bonchev–Trinajstić information content (AvgIpc) is 2.66. The van der Waals surface area contributed by atoms with E-state index in [4.69, 9.17) is 21.8 Å². The van der Waals surface area contributed by atoms with Gasteiger partial charge in [-0.3, -0.25) is 0 Å². The number of benzene rings is 1. The van der Waals surface area contributed by atoms with E-state index in [0.29, 0.717) is 11.6 Å². The summed E-state index contributed by atoms with van der Waals surface area (Å²) in [5.74, 6) is 0.762. The number of hydrogen-bond acceptors (Lipinski definition) is 2. The Balaban J connectivity index is 2.54. The monoisotopic (exact) mass is 207 g/mol. The predicted molar refractivity (Wildman–Crippen MR) is 57.0 cm³/mol. The van der Waals surface area contributed by atoms with Crippen LogP contribution >= 0.6 is 11.6 Å². The molecule has 0 fully saturated rings. The van der Waals surface area contributed by atoms with Gasteiger partial charge in [0.2, 0.25) is 0 Å². The Bertz CT molecular complexity index is 436. The molecule has 0 saturated carbocycles. The van der Waals surface area contributed by atoms with Crippen LogP contribution in [0.25, 0.3) is 11.1 Å². The molecule has 2 aromatic rings. The Kier molecular flexibility index (Phi) is 2.57. The van der Waals surface area contributed by atoms with Crippen molar-refractivity contribution in [1.29, 1.82) is 0 Å². The Hall–Kier alpha value is -1.25. The minimum Gasteiger partial charge on any atom is -0.467 e. The van der Waals surface area contributed by atoms with Crippen molar-refractivity contribution < 1.29 is 4.42 Å². The lowest BCUT2D eigenvalue weighted by Crippen LogP contribution is -1.95. The average molecular weight is 208 g/mol. The summed E-state index contributed by atoms with van der Waals surface area (Å²) < 4.78 is 5.24. The van der Waals surface area contributed by atoms with E-state index >= 15 is 0 Å². The maximum Gasteiger partial charge on any atom is 0.125 e. The second kappa shape index (κ2) is 3.86. The van der Waals surface area contributed by atoms with Crippen molar-refractivity contribution in [3.05, 3.63) is 47.4 Å². The summed E-state index contributed by atoms with van der Waals surface area (Å²) in [6.07, 6.45) is 1.63. The zero-order valence-electron chi connectivity index (χ0n) is 7.53. The summed E-state index contributed by atoms with van der Waals surface area (Å²) in [7, 11) is 0. The van der Waals surface area contributed by atoms with E-state index in [0.717, 1.165) is 16.9 Å². The summed E-state index contributed by atoms with van der Waals surface area (Å²) in [6, 6.07) is 9.52. The molecule has 1 aromatic carbocycles. The quantitative estimate of drug-likeness (QED) is 0.822. The largest absolute Gasteiger partial charge is 0.467 e. The van der Waals surface area contributed by atoms with Gasteiger partial charge in [-0.25, -0.2) is 0 Å². The van der Waals surface area contributed by atoms with Crippen LogP contribution in [-0.4, -0.2) is 0 Å². The van der Waals surface area contributed by atoms with Crippen LogP contribution in [0.5, 0.6) is 0 Å². The third-order valence-corrected chi connectivity index (χ3v) is 2.42. The lowest BCUT2D eigenvalue weighted by molar-refractivity contribution is 0.513. The first-order chi connectivity index (χ1) is 6.83. The van der Waals surface area contributed by atoms with Gasteiger partial charge in [-0.1, -0.05) is 29.8 Å². The van der Waals surface area contributed by atoms with Crippen LogP contribution in [-0.2, 0) is 6.54 Å². The first kappa shape index (κ1) is 9.31. The van der Waals surface area contributed by atoms with Gasteiger partial charge in [-0.05, 0) is 12.1 Å². The molecule has 2 rings (SSSR count). The summed E-state index contributed by atoms with van der Waals surface area (Å²) in [5.41, 5.74) is 7.48. The highest BCUT2D eigenvalue weighted by Crippen LogP contribution is 2.30. The highest BCUT2D eigenvalue weighted by Gasteiger charge is 2.09. The third kappa shape index (κ3) is 1.54. The normalized spacial score (nSPS) is 10.4. The molecule has 0 spiro atoms. The van der Waals surface area contributed by atoms with Crippen LogP contribution in [0.2, 0.25) is 5.02 Å². The molecule has 0 aliphatic carbocycles. The summed E-state index contributed by atoms with van der Waals surface area (Å²) in [6.45, 7) is 0.382. The molecule has 0 amide bonds. The van der Waals surface area contributed by atoms with Gasteiger partial charge in [0.1, 0.15) is 5.76 Å². The lowest BCUT2D eigenvalue weighted by atomic mass is 10.1. The van der Waals surface area contributed by atoms with E-state index in [1.54, 1.807) is 6.26 Å². The molecule has 1 aromatic heterocycles. The molecule has 0 atom stereocenters. The second-order valence-corrected chi connectivity index (χ2v) is 3.35. The Morgan fingerprint density at radius 3 is 2.64 bits per heavy atom. The highest BCUT2D eigenvalue weighted by atomic mass is 35.5. The Morgan fingerprint density at radius 2 is 1.93 bits per heavy atom. The van der Waals surface area contributed by atoms with E-state index in [2.05, 4.69) is 0 Å². The zero-order valence-corrected chi connectivity index (χ0v) is 8.29. The van der Waals surface area contributed by atoms with Crippen molar-refractivity contribution in [3.63, 3.8) is 0 Å². The summed E-state index contributed by atoms with van der Waals surface area (Å²) in [5, 5.41) is 0.712. The Morgan fingerprint density at radius 1 is 1.14 bits per heavy atom. The van der Waals surface area contributed by atoms with Gasteiger partial charge in [0.05, 0.1) is 12.8 Å². The van der Waals surface area contributed by atoms with Crippen LogP contribution in [0.4, 0.5) is 0 Å². The van der Waals surface area contributed by atoms with Gasteiger partial charge in [0, 0.05) is 16.1 Å². The Labute approximate surface area is 87.3 Å². The molecule has 0 bridgehead atoms. The minimum atomic E-state index is 0.382. The van der Waals surface area contributed by atoms with Crippen LogP contribution in [0.15, 0.2) is 41.0 Å². The first-order valence-corrected chi connectivity index (χ1v) is 4.72. The molecule has 0 aliphatic heterocycles. The van der Waals surface area contributed by atoms with Gasteiger partial charge in [0.15, 0.2) is 0 Å². The van der Waals surface area contributed by atoms with Gasteiger partial charge >= 0.3 is 0 Å². The fraction of sp³-hybridized carbons (Fsp3) is 0.0909. The van der Waals surface area contributed by atoms with Crippen molar-refractivity contribution in [2.45, 2.75) is 6.54 Å². The lowest BCUT2D eigenvalue weighted by Gasteiger charge is -2.02. The van der Waals surface area contributed by atoms with Crippen LogP contribution in [0.3, 0.4) is 0 Å². The summed E-state index contributed by atoms with van der Waals surface area (Å²) >= 11 is 6.06. The number of hydrogen-bond donors (Lipinski definition) is 1. The SMILES string of the molecule is NCc1occc1-c1ccccc1Cl. The fourth-order valence-corrected chi connectivity index (χ4v) is 1.66. The number of rotatable bonds is 2. The van der Waals surface area contributed by atoms with E-state index in [1.165, 1.54) is 0 Å². The zero-order chi connectivity index (χ0) is 9.97. The molecule has 1 heterocycles. The first-order valence-electron chi connectivity index (χ1n) is 4.34. The second-order valence-electron chi connectivity index (χ2n) is 2.94. The molecular formula is C11H10ClNO. The topological polar surface area (TPSA) is 39.2 Å². The standard InChI is InChI=1S/C11H10ClNO/c12-10-4-2-1-3-8(10)9-5-6-14-11(9)7-13/h1-6H,7,13H2. The van der Waals surface area contributed by atoms with E-state index < -0.39 is 0 Å². The van der Waals surface area contributed by atoms with Gasteiger partial charge < -0.3 is 10.2 Å². The van der Waals surface area contributed by atoms with Crippen LogP contribution in [0, 0.1) is 0 Å². The van der Waals surface area contributed by atoms with Gasteiger partial charge in [-0.2, -0.15) is 0 Å². The van der Waals surface area contributed by atoms with Crippen molar-refractivity contribution >= 4 is 11.6 Å². The minimum absolute atomic E-state index is 0.382. The highest BCUT2D eigenvalue weighted by molar-refractivity contribution is 6.33. The van der Waals surface area contributed by atoms with E-state index in [1.807, 2.05) is 30.3 Å². The maximum absolute atomic E-state index is 6.06. The van der Waals surface area contributed by atoms with Crippen molar-refractivity contribution in [3.8, 4) is 11.1 Å². The molecule has 0 aliphatic rings. The molecule has 0 radical (unpaired) electrons. The van der Waals surface area contributed by atoms with Crippen LogP contribution < -0.4 is 5.73 Å². The molecular weight excluding hydrogens is 198 g/mol. The number of nitrogens with two attached hydrogens (primary N) is 1. The van der Waals surface area contributed by atoms with E-state index in [-0.39, 0.29) is 0 Å². The molecule has 72 valence electrons. The number of halogens is 1. The molecule has 2 nitrogen and oxygen atoms in total. The van der Waals surface area contributed by atoms with E-state index in [9.17, 15) is 0 Å². The molecule has 14 heavy (non-hydrogen) atoms. The molecule has 3 heteroatoms. The number of furan rings is 1. The van der Waals surface area contributed by atoms with Gasteiger partial charge in [0.25, 0.3) is 0 Å². The van der Waals surface area contributed by atoms with Crippen molar-refractivity contribution in [2.24, 2.45) is 5.73 Å². The molecule has 0 unspecified atom stereocenters. The van der Waals surface area contributed by atoms with Crippen molar-refractivity contribution in [2.75, 3.05) is 0 Å². The molecule has 2 N–H and O–H groups in total.